The van der Waals surface area contributed by atoms with Crippen LogP contribution in [0.3, 0.4) is 0 Å². The second-order valence-corrected chi connectivity index (χ2v) is 5.41. The molecule has 0 saturated carbocycles. The topological polar surface area (TPSA) is 108 Å². The Morgan fingerprint density at radius 1 is 1.29 bits per heavy atom. The Morgan fingerprint density at radius 2 is 2.04 bits per heavy atom. The van der Waals surface area contributed by atoms with Gasteiger partial charge in [-0.05, 0) is 12.1 Å². The molecule has 0 aromatic heterocycles. The molecule has 2 aliphatic rings. The van der Waals surface area contributed by atoms with E-state index in [4.69, 9.17) is 14.2 Å². The summed E-state index contributed by atoms with van der Waals surface area (Å²) in [5, 5.41) is 11.4. The Hall–Kier alpha value is -2.68. The van der Waals surface area contributed by atoms with Crippen LogP contribution in [-0.2, 0) is 19.0 Å². The number of nitrogens with zero attached hydrogens (tertiary/aromatic N) is 2. The molecule has 1 atom stereocenters. The Morgan fingerprint density at radius 3 is 2.67 bits per heavy atom. The van der Waals surface area contributed by atoms with Gasteiger partial charge in [0.15, 0.2) is 0 Å². The number of nitro benzene ring substituents is 1. The third-order valence-corrected chi connectivity index (χ3v) is 3.90. The lowest BCUT2D eigenvalue weighted by Gasteiger charge is -2.28. The third kappa shape index (κ3) is 3.30. The van der Waals surface area contributed by atoms with Crippen molar-refractivity contribution in [2.45, 2.75) is 12.5 Å². The summed E-state index contributed by atoms with van der Waals surface area (Å²) < 4.78 is 15.0. The highest BCUT2D eigenvalue weighted by Gasteiger charge is 2.31. The molecule has 0 unspecified atom stereocenters. The van der Waals surface area contributed by atoms with Gasteiger partial charge >= 0.3 is 11.9 Å². The Balaban J connectivity index is 1.81. The molecule has 0 amide bonds. The summed E-state index contributed by atoms with van der Waals surface area (Å²) in [4.78, 5) is 36.1. The second kappa shape index (κ2) is 6.83. The summed E-state index contributed by atoms with van der Waals surface area (Å²) >= 11 is 0. The van der Waals surface area contributed by atoms with E-state index in [1.54, 1.807) is 0 Å². The van der Waals surface area contributed by atoms with Gasteiger partial charge in [0.1, 0.15) is 5.69 Å². The van der Waals surface area contributed by atoms with Gasteiger partial charge in [-0.25, -0.2) is 9.59 Å². The molecule has 0 radical (unpaired) electrons. The fourth-order valence-electron chi connectivity index (χ4n) is 2.65. The van der Waals surface area contributed by atoms with Crippen molar-refractivity contribution in [3.63, 3.8) is 0 Å². The Bertz CT molecular complexity index is 670. The van der Waals surface area contributed by atoms with Crippen LogP contribution >= 0.6 is 0 Å². The maximum absolute atomic E-state index is 12.1. The minimum atomic E-state index is -0.949. The van der Waals surface area contributed by atoms with Gasteiger partial charge in [-0.3, -0.25) is 10.1 Å². The summed E-state index contributed by atoms with van der Waals surface area (Å²) in [6.07, 6.45) is -0.658. The zero-order valence-corrected chi connectivity index (χ0v) is 12.8. The highest BCUT2D eigenvalue weighted by atomic mass is 16.6. The molecule has 2 fully saturated rings. The molecule has 3 rings (SSSR count). The number of carbonyl (C=O) groups is 2. The normalized spacial score (nSPS) is 20.6. The molecule has 2 aliphatic heterocycles. The fraction of sp³-hybridized carbons (Fsp3) is 0.467. The van der Waals surface area contributed by atoms with Crippen LogP contribution < -0.4 is 4.90 Å². The minimum absolute atomic E-state index is 0.0263. The first-order valence-corrected chi connectivity index (χ1v) is 7.55. The number of benzene rings is 1. The maximum Gasteiger partial charge on any atom is 0.347 e. The standard InChI is InChI=1S/C15H16N2O7/c18-14(24-13-3-6-23-15(13)19)10-1-2-11(12(9-10)17(20)21)16-4-7-22-8-5-16/h1-2,9,13H,3-8H2/t13-/m0/s1. The largest absolute Gasteiger partial charge is 0.463 e. The van der Waals surface area contributed by atoms with Crippen LogP contribution in [0.15, 0.2) is 18.2 Å². The number of carbonyl (C=O) groups excluding carboxylic acids is 2. The monoisotopic (exact) mass is 336 g/mol. The average Bonchev–Trinajstić information content (AvgIpc) is 3.00. The maximum atomic E-state index is 12.1. The zero-order valence-electron chi connectivity index (χ0n) is 12.8. The van der Waals surface area contributed by atoms with Gasteiger partial charge in [0.25, 0.3) is 5.69 Å². The number of rotatable bonds is 4. The van der Waals surface area contributed by atoms with Crippen molar-refractivity contribution in [2.24, 2.45) is 0 Å². The minimum Gasteiger partial charge on any atom is -0.463 e. The van der Waals surface area contributed by atoms with Gasteiger partial charge in [0, 0.05) is 25.6 Å². The molecule has 1 aromatic carbocycles. The van der Waals surface area contributed by atoms with Crippen molar-refractivity contribution in [1.82, 2.24) is 0 Å². The first-order valence-electron chi connectivity index (χ1n) is 7.55. The van der Waals surface area contributed by atoms with Gasteiger partial charge in [-0.15, -0.1) is 0 Å². The zero-order chi connectivity index (χ0) is 17.1. The molecule has 0 N–H and O–H groups in total. The number of cyclic esters (lactones) is 1. The number of ether oxygens (including phenoxy) is 3. The molecular weight excluding hydrogens is 320 g/mol. The van der Waals surface area contributed by atoms with Gasteiger partial charge < -0.3 is 19.1 Å². The molecule has 128 valence electrons. The molecule has 0 aliphatic carbocycles. The van der Waals surface area contributed by atoms with Crippen molar-refractivity contribution in [3.05, 3.63) is 33.9 Å². The number of esters is 2. The molecule has 9 heteroatoms. The van der Waals surface area contributed by atoms with Crippen LogP contribution in [0.1, 0.15) is 16.8 Å². The molecule has 2 heterocycles. The van der Waals surface area contributed by atoms with E-state index < -0.39 is 23.0 Å². The molecule has 1 aromatic rings. The van der Waals surface area contributed by atoms with Gasteiger partial charge in [0.2, 0.25) is 6.10 Å². The number of nitro groups is 1. The lowest BCUT2D eigenvalue weighted by atomic mass is 10.1. The molecule has 9 nitrogen and oxygen atoms in total. The number of hydrogen-bond donors (Lipinski definition) is 0. The van der Waals surface area contributed by atoms with Crippen LogP contribution in [-0.4, -0.2) is 55.9 Å². The number of anilines is 1. The van der Waals surface area contributed by atoms with Crippen LogP contribution in [0.4, 0.5) is 11.4 Å². The first kappa shape index (κ1) is 16.2. The van der Waals surface area contributed by atoms with Crippen LogP contribution in [0.5, 0.6) is 0 Å². The van der Waals surface area contributed by atoms with Gasteiger partial charge in [0.05, 0.1) is 30.3 Å². The van der Waals surface area contributed by atoms with E-state index in [0.717, 1.165) is 0 Å². The predicted molar refractivity (Wildman–Crippen MR) is 80.9 cm³/mol. The predicted octanol–water partition coefficient (Wildman–Crippen LogP) is 0.904. The first-order chi connectivity index (χ1) is 11.6. The van der Waals surface area contributed by atoms with Crippen molar-refractivity contribution < 1.29 is 28.7 Å². The van der Waals surface area contributed by atoms with E-state index in [-0.39, 0.29) is 17.9 Å². The Labute approximate surface area is 137 Å². The Kier molecular flexibility index (Phi) is 4.61. The quantitative estimate of drug-likeness (QED) is 0.453. The van der Waals surface area contributed by atoms with Crippen molar-refractivity contribution in [3.8, 4) is 0 Å². The van der Waals surface area contributed by atoms with Crippen molar-refractivity contribution >= 4 is 23.3 Å². The van der Waals surface area contributed by atoms with Gasteiger partial charge in [-0.1, -0.05) is 0 Å². The van der Waals surface area contributed by atoms with E-state index in [1.807, 2.05) is 4.90 Å². The molecule has 2 saturated heterocycles. The fourth-order valence-corrected chi connectivity index (χ4v) is 2.65. The number of hydrogen-bond acceptors (Lipinski definition) is 8. The summed E-state index contributed by atoms with van der Waals surface area (Å²) in [5.74, 6) is -1.38. The summed E-state index contributed by atoms with van der Waals surface area (Å²) in [7, 11) is 0. The average molecular weight is 336 g/mol. The van der Waals surface area contributed by atoms with E-state index >= 15 is 0 Å². The summed E-state index contributed by atoms with van der Waals surface area (Å²) in [6, 6.07) is 4.15. The molecular formula is C15H16N2O7. The van der Waals surface area contributed by atoms with Crippen molar-refractivity contribution in [1.29, 1.82) is 0 Å². The molecule has 24 heavy (non-hydrogen) atoms. The second-order valence-electron chi connectivity index (χ2n) is 5.41. The van der Waals surface area contributed by atoms with E-state index in [0.29, 0.717) is 38.4 Å². The highest BCUT2D eigenvalue weighted by molar-refractivity contribution is 5.93. The lowest BCUT2D eigenvalue weighted by Crippen LogP contribution is -2.36. The summed E-state index contributed by atoms with van der Waals surface area (Å²) in [5.41, 5.74) is 0.277. The van der Waals surface area contributed by atoms with E-state index in [1.165, 1.54) is 18.2 Å². The smallest absolute Gasteiger partial charge is 0.347 e. The molecule has 0 spiro atoms. The van der Waals surface area contributed by atoms with E-state index in [9.17, 15) is 19.7 Å². The van der Waals surface area contributed by atoms with Gasteiger partial charge in [-0.2, -0.15) is 0 Å². The lowest BCUT2D eigenvalue weighted by molar-refractivity contribution is -0.384. The van der Waals surface area contributed by atoms with Crippen LogP contribution in [0, 0.1) is 10.1 Å². The van der Waals surface area contributed by atoms with Crippen LogP contribution in [0.2, 0.25) is 0 Å². The third-order valence-electron chi connectivity index (χ3n) is 3.90. The van der Waals surface area contributed by atoms with E-state index in [2.05, 4.69) is 0 Å². The SMILES string of the molecule is O=C(O[C@H]1CCOC1=O)c1ccc(N2CCOCC2)c([N+](=O)[O-])c1. The van der Waals surface area contributed by atoms with Crippen LogP contribution in [0.25, 0.3) is 0 Å². The summed E-state index contributed by atoms with van der Waals surface area (Å²) in [6.45, 7) is 2.26. The molecule has 0 bridgehead atoms. The highest BCUT2D eigenvalue weighted by Crippen LogP contribution is 2.30. The van der Waals surface area contributed by atoms with Crippen molar-refractivity contribution in [2.75, 3.05) is 37.8 Å². The number of morpholine rings is 1.